The second-order valence-corrected chi connectivity index (χ2v) is 7.43. The number of carbonyl (C=O) groups is 3. The van der Waals surface area contributed by atoms with Gasteiger partial charge in [0.25, 0.3) is 0 Å². The normalized spacial score (nSPS) is 20.0. The standard InChI is InChI=1S/C17H17NO7/c1-16(2,3)25-15(21)18-6-17(7-18)8-22-11-4-9-10(5-12(11)24-17)14(20)23-13(9)19/h4-5H,6-8H2,1-3H3. The molecule has 0 saturated carbocycles. The Labute approximate surface area is 143 Å². The molecule has 8 nitrogen and oxygen atoms in total. The van der Waals surface area contributed by atoms with E-state index >= 15 is 0 Å². The van der Waals surface area contributed by atoms with Gasteiger partial charge in [-0.3, -0.25) is 4.90 Å². The van der Waals surface area contributed by atoms with Gasteiger partial charge in [0.05, 0.1) is 24.2 Å². The SMILES string of the molecule is CC(C)(C)OC(=O)N1CC2(COc3cc4c(cc3O2)C(=O)OC4=O)C1. The first-order valence-corrected chi connectivity index (χ1v) is 7.90. The van der Waals surface area contributed by atoms with Crippen LogP contribution in [0.4, 0.5) is 4.79 Å². The van der Waals surface area contributed by atoms with Gasteiger partial charge in [0, 0.05) is 0 Å². The van der Waals surface area contributed by atoms with Crippen LogP contribution in [0.25, 0.3) is 0 Å². The Morgan fingerprint density at radius 2 is 1.72 bits per heavy atom. The van der Waals surface area contributed by atoms with E-state index in [1.165, 1.54) is 17.0 Å². The molecule has 25 heavy (non-hydrogen) atoms. The van der Waals surface area contributed by atoms with Crippen LogP contribution < -0.4 is 9.47 Å². The summed E-state index contributed by atoms with van der Waals surface area (Å²) in [6.45, 7) is 6.29. The zero-order valence-corrected chi connectivity index (χ0v) is 14.1. The first-order chi connectivity index (χ1) is 11.7. The van der Waals surface area contributed by atoms with Crippen LogP contribution in [0.2, 0.25) is 0 Å². The second kappa shape index (κ2) is 4.87. The first kappa shape index (κ1) is 15.7. The van der Waals surface area contributed by atoms with Crippen LogP contribution in [0.3, 0.4) is 0 Å². The quantitative estimate of drug-likeness (QED) is 0.521. The van der Waals surface area contributed by atoms with Crippen LogP contribution in [0.15, 0.2) is 12.1 Å². The number of carbonyl (C=O) groups excluding carboxylic acids is 3. The van der Waals surface area contributed by atoms with Gasteiger partial charge in [-0.25, -0.2) is 14.4 Å². The maximum atomic E-state index is 12.1. The van der Waals surface area contributed by atoms with Gasteiger partial charge < -0.3 is 18.9 Å². The van der Waals surface area contributed by atoms with Crippen LogP contribution in [0, 0.1) is 0 Å². The third kappa shape index (κ3) is 2.57. The van der Waals surface area contributed by atoms with Crippen molar-refractivity contribution in [1.82, 2.24) is 4.90 Å². The number of nitrogens with zero attached hydrogens (tertiary/aromatic N) is 1. The van der Waals surface area contributed by atoms with Crippen molar-refractivity contribution in [2.75, 3.05) is 19.7 Å². The molecule has 0 unspecified atom stereocenters. The largest absolute Gasteiger partial charge is 0.485 e. The Bertz CT molecular complexity index is 802. The Morgan fingerprint density at radius 3 is 2.32 bits per heavy atom. The minimum Gasteiger partial charge on any atom is -0.485 e. The molecule has 0 atom stereocenters. The molecule has 1 amide bonds. The Kier molecular flexibility index (Phi) is 3.07. The topological polar surface area (TPSA) is 91.4 Å². The van der Waals surface area contributed by atoms with Gasteiger partial charge in [-0.2, -0.15) is 0 Å². The Morgan fingerprint density at radius 1 is 1.12 bits per heavy atom. The lowest BCUT2D eigenvalue weighted by Gasteiger charge is -2.50. The van der Waals surface area contributed by atoms with E-state index in [0.717, 1.165) is 0 Å². The average Bonchev–Trinajstić information content (AvgIpc) is 2.75. The van der Waals surface area contributed by atoms with Crippen molar-refractivity contribution < 1.29 is 33.3 Å². The van der Waals surface area contributed by atoms with E-state index in [-0.39, 0.29) is 17.7 Å². The van der Waals surface area contributed by atoms with Crippen molar-refractivity contribution in [1.29, 1.82) is 0 Å². The maximum Gasteiger partial charge on any atom is 0.410 e. The highest BCUT2D eigenvalue weighted by molar-refractivity contribution is 6.15. The number of esters is 2. The molecule has 1 saturated heterocycles. The van der Waals surface area contributed by atoms with E-state index in [4.69, 9.17) is 14.2 Å². The predicted octanol–water partition coefficient (Wildman–Crippen LogP) is 1.76. The van der Waals surface area contributed by atoms with E-state index in [2.05, 4.69) is 4.74 Å². The van der Waals surface area contributed by atoms with E-state index in [0.29, 0.717) is 24.6 Å². The van der Waals surface area contributed by atoms with Crippen molar-refractivity contribution in [3.05, 3.63) is 23.3 Å². The molecule has 132 valence electrons. The summed E-state index contributed by atoms with van der Waals surface area (Å²) in [5.74, 6) is -0.645. The molecule has 3 aliphatic heterocycles. The summed E-state index contributed by atoms with van der Waals surface area (Å²) in [4.78, 5) is 36.8. The van der Waals surface area contributed by atoms with Gasteiger partial charge in [0.1, 0.15) is 12.2 Å². The van der Waals surface area contributed by atoms with Crippen LogP contribution in [-0.4, -0.2) is 53.8 Å². The smallest absolute Gasteiger partial charge is 0.410 e. The molecule has 1 aromatic rings. The summed E-state index contributed by atoms with van der Waals surface area (Å²) in [5, 5.41) is 0. The molecular formula is C17H17NO7. The summed E-state index contributed by atoms with van der Waals surface area (Å²) in [7, 11) is 0. The van der Waals surface area contributed by atoms with Crippen molar-refractivity contribution >= 4 is 18.0 Å². The minimum absolute atomic E-state index is 0.160. The summed E-state index contributed by atoms with van der Waals surface area (Å²) in [6.07, 6.45) is -0.407. The number of hydrogen-bond donors (Lipinski definition) is 0. The number of amides is 1. The predicted molar refractivity (Wildman–Crippen MR) is 82.8 cm³/mol. The molecule has 0 aliphatic carbocycles. The highest BCUT2D eigenvalue weighted by atomic mass is 16.6. The van der Waals surface area contributed by atoms with E-state index in [1.807, 2.05) is 0 Å². The molecular weight excluding hydrogens is 330 g/mol. The molecule has 8 heteroatoms. The zero-order valence-electron chi connectivity index (χ0n) is 14.1. The number of ether oxygens (including phenoxy) is 4. The molecule has 1 aromatic carbocycles. The summed E-state index contributed by atoms with van der Waals surface area (Å²) in [5.41, 5.74) is -0.908. The lowest BCUT2D eigenvalue weighted by molar-refractivity contribution is -0.114. The van der Waals surface area contributed by atoms with Crippen LogP contribution in [0.1, 0.15) is 41.5 Å². The van der Waals surface area contributed by atoms with Gasteiger partial charge in [-0.05, 0) is 32.9 Å². The number of rotatable bonds is 0. The summed E-state index contributed by atoms with van der Waals surface area (Å²) < 4.78 is 21.6. The summed E-state index contributed by atoms with van der Waals surface area (Å²) in [6, 6.07) is 2.91. The molecule has 0 radical (unpaired) electrons. The average molecular weight is 347 g/mol. The molecule has 4 rings (SSSR count). The Balaban J connectivity index is 1.50. The molecule has 3 aliphatic rings. The van der Waals surface area contributed by atoms with Gasteiger partial charge in [0.2, 0.25) is 0 Å². The maximum absolute atomic E-state index is 12.1. The van der Waals surface area contributed by atoms with Crippen molar-refractivity contribution in [2.24, 2.45) is 0 Å². The molecule has 0 N–H and O–H groups in total. The van der Waals surface area contributed by atoms with Gasteiger partial charge in [0.15, 0.2) is 17.1 Å². The second-order valence-electron chi connectivity index (χ2n) is 7.43. The van der Waals surface area contributed by atoms with E-state index < -0.39 is 29.2 Å². The molecule has 1 fully saturated rings. The fourth-order valence-electron chi connectivity index (χ4n) is 3.02. The van der Waals surface area contributed by atoms with Gasteiger partial charge in [-0.1, -0.05) is 0 Å². The van der Waals surface area contributed by atoms with Gasteiger partial charge >= 0.3 is 18.0 Å². The van der Waals surface area contributed by atoms with E-state index in [1.54, 1.807) is 20.8 Å². The first-order valence-electron chi connectivity index (χ1n) is 7.90. The monoisotopic (exact) mass is 347 g/mol. The van der Waals surface area contributed by atoms with Crippen LogP contribution in [-0.2, 0) is 9.47 Å². The van der Waals surface area contributed by atoms with Crippen molar-refractivity contribution in [3.8, 4) is 11.5 Å². The fourth-order valence-corrected chi connectivity index (χ4v) is 3.02. The third-order valence-corrected chi connectivity index (χ3v) is 4.14. The molecule has 0 bridgehead atoms. The van der Waals surface area contributed by atoms with Crippen LogP contribution in [0.5, 0.6) is 11.5 Å². The lowest BCUT2D eigenvalue weighted by atomic mass is 9.94. The van der Waals surface area contributed by atoms with E-state index in [9.17, 15) is 14.4 Å². The number of cyclic esters (lactones) is 2. The number of likely N-dealkylation sites (tertiary alicyclic amines) is 1. The number of benzene rings is 1. The van der Waals surface area contributed by atoms with Gasteiger partial charge in [-0.15, -0.1) is 0 Å². The molecule has 0 aromatic heterocycles. The lowest BCUT2D eigenvalue weighted by Crippen LogP contribution is -2.70. The highest BCUT2D eigenvalue weighted by Crippen LogP contribution is 2.42. The number of fused-ring (bicyclic) bond motifs is 2. The fraction of sp³-hybridized carbons (Fsp3) is 0.471. The van der Waals surface area contributed by atoms with Crippen LogP contribution >= 0.6 is 0 Å². The zero-order chi connectivity index (χ0) is 18.0. The Hall–Kier alpha value is -2.77. The number of hydrogen-bond acceptors (Lipinski definition) is 7. The van der Waals surface area contributed by atoms with Crippen molar-refractivity contribution in [3.63, 3.8) is 0 Å². The third-order valence-electron chi connectivity index (χ3n) is 4.14. The minimum atomic E-state index is -0.699. The highest BCUT2D eigenvalue weighted by Gasteiger charge is 2.52. The molecule has 1 spiro atoms. The molecule has 3 heterocycles. The summed E-state index contributed by atoms with van der Waals surface area (Å²) >= 11 is 0. The van der Waals surface area contributed by atoms with Crippen molar-refractivity contribution in [2.45, 2.75) is 32.0 Å².